The van der Waals surface area contributed by atoms with Crippen molar-refractivity contribution in [3.8, 4) is 0 Å². The van der Waals surface area contributed by atoms with Crippen LogP contribution < -0.4 is 4.72 Å². The van der Waals surface area contributed by atoms with Gasteiger partial charge < -0.3 is 0 Å². The van der Waals surface area contributed by atoms with Gasteiger partial charge in [0, 0.05) is 17.5 Å². The van der Waals surface area contributed by atoms with Crippen molar-refractivity contribution in [3.05, 3.63) is 24.3 Å². The van der Waals surface area contributed by atoms with Crippen LogP contribution in [0.15, 0.2) is 39.2 Å². The Balaban J connectivity index is 2.22. The van der Waals surface area contributed by atoms with E-state index >= 15 is 0 Å². The summed E-state index contributed by atoms with van der Waals surface area (Å²) in [5, 5.41) is 4.90. The standard InChI is InChI=1S/C12H15N3O3S2/c1-2-19-10-6-3-4-7-11(10)20(17,18)14-12(16)15-9-5-8-13-15/h3-4,6-8H,2,5,9H2,1H3,(H,14,16). The lowest BCUT2D eigenvalue weighted by atomic mass is 10.4. The Bertz CT molecular complexity index is 629. The maximum atomic E-state index is 12.3. The van der Waals surface area contributed by atoms with Crippen molar-refractivity contribution in [1.82, 2.24) is 9.73 Å². The molecule has 1 N–H and O–H groups in total. The molecule has 0 fully saturated rings. The van der Waals surface area contributed by atoms with Gasteiger partial charge in [-0.25, -0.2) is 22.9 Å². The lowest BCUT2D eigenvalue weighted by Gasteiger charge is -2.14. The van der Waals surface area contributed by atoms with Gasteiger partial charge in [0.2, 0.25) is 0 Å². The molecule has 1 aromatic carbocycles. The molecule has 2 amide bonds. The molecule has 0 unspecified atom stereocenters. The number of nitrogens with zero attached hydrogens (tertiary/aromatic N) is 2. The number of carbonyl (C=O) groups is 1. The number of rotatable bonds is 4. The van der Waals surface area contributed by atoms with E-state index in [1.165, 1.54) is 17.8 Å². The Hall–Kier alpha value is -1.54. The lowest BCUT2D eigenvalue weighted by Crippen LogP contribution is -2.39. The van der Waals surface area contributed by atoms with Gasteiger partial charge >= 0.3 is 6.03 Å². The third-order valence-corrected chi connectivity index (χ3v) is 5.05. The van der Waals surface area contributed by atoms with Crippen molar-refractivity contribution in [3.63, 3.8) is 0 Å². The van der Waals surface area contributed by atoms with Gasteiger partial charge in [0.1, 0.15) is 4.90 Å². The number of nitrogens with one attached hydrogen (secondary N) is 1. The van der Waals surface area contributed by atoms with Gasteiger partial charge in [-0.2, -0.15) is 5.10 Å². The molecule has 0 saturated carbocycles. The number of hydrogen-bond donors (Lipinski definition) is 1. The van der Waals surface area contributed by atoms with Gasteiger partial charge in [0.05, 0.1) is 6.54 Å². The van der Waals surface area contributed by atoms with Crippen LogP contribution in [0.5, 0.6) is 0 Å². The van der Waals surface area contributed by atoms with E-state index in [0.29, 0.717) is 17.9 Å². The number of hydrogen-bond acceptors (Lipinski definition) is 5. The summed E-state index contributed by atoms with van der Waals surface area (Å²) in [6.07, 6.45) is 2.21. The third kappa shape index (κ3) is 3.31. The van der Waals surface area contributed by atoms with Crippen LogP contribution in [0.1, 0.15) is 13.3 Å². The van der Waals surface area contributed by atoms with Crippen molar-refractivity contribution in [2.24, 2.45) is 5.10 Å². The van der Waals surface area contributed by atoms with Crippen LogP contribution >= 0.6 is 11.8 Å². The molecular weight excluding hydrogens is 298 g/mol. The molecule has 1 heterocycles. The van der Waals surface area contributed by atoms with Crippen LogP contribution in [0.3, 0.4) is 0 Å². The molecule has 1 aliphatic heterocycles. The predicted molar refractivity (Wildman–Crippen MR) is 78.4 cm³/mol. The largest absolute Gasteiger partial charge is 0.351 e. The maximum absolute atomic E-state index is 12.3. The van der Waals surface area contributed by atoms with Crippen molar-refractivity contribution in [2.45, 2.75) is 23.1 Å². The van der Waals surface area contributed by atoms with Crippen molar-refractivity contribution in [2.75, 3.05) is 12.3 Å². The maximum Gasteiger partial charge on any atom is 0.351 e. The van der Waals surface area contributed by atoms with Gasteiger partial charge in [-0.3, -0.25) is 0 Å². The van der Waals surface area contributed by atoms with Crippen LogP contribution in [0.2, 0.25) is 0 Å². The summed E-state index contributed by atoms with van der Waals surface area (Å²) in [6.45, 7) is 2.33. The Kier molecular flexibility index (Phi) is 4.66. The molecule has 8 heteroatoms. The van der Waals surface area contributed by atoms with Crippen LogP contribution in [-0.2, 0) is 10.0 Å². The molecule has 0 bridgehead atoms. The van der Waals surface area contributed by atoms with Crippen LogP contribution in [-0.4, -0.2) is 38.0 Å². The second-order valence-electron chi connectivity index (χ2n) is 4.00. The topological polar surface area (TPSA) is 78.8 Å². The van der Waals surface area contributed by atoms with Crippen LogP contribution in [0, 0.1) is 0 Å². The van der Waals surface area contributed by atoms with Crippen molar-refractivity contribution in [1.29, 1.82) is 0 Å². The molecule has 6 nitrogen and oxygen atoms in total. The molecule has 0 radical (unpaired) electrons. The van der Waals surface area contributed by atoms with Crippen LogP contribution in [0.25, 0.3) is 0 Å². The smallest absolute Gasteiger partial charge is 0.246 e. The number of benzene rings is 1. The molecule has 1 aliphatic rings. The normalized spacial score (nSPS) is 14.6. The average Bonchev–Trinajstić information content (AvgIpc) is 2.93. The average molecular weight is 313 g/mol. The van der Waals surface area contributed by atoms with E-state index in [-0.39, 0.29) is 4.90 Å². The molecule has 20 heavy (non-hydrogen) atoms. The summed E-state index contributed by atoms with van der Waals surface area (Å²) in [5.74, 6) is 0.747. The number of sulfonamides is 1. The zero-order chi connectivity index (χ0) is 14.6. The number of amides is 2. The molecule has 0 spiro atoms. The minimum absolute atomic E-state index is 0.114. The van der Waals surface area contributed by atoms with Crippen LogP contribution in [0.4, 0.5) is 4.79 Å². The number of thioether (sulfide) groups is 1. The first kappa shape index (κ1) is 14.9. The van der Waals surface area contributed by atoms with Crippen molar-refractivity contribution < 1.29 is 13.2 Å². The summed E-state index contributed by atoms with van der Waals surface area (Å²) in [7, 11) is -3.89. The van der Waals surface area contributed by atoms with E-state index in [1.54, 1.807) is 24.4 Å². The Morgan fingerprint density at radius 3 is 2.85 bits per heavy atom. The lowest BCUT2D eigenvalue weighted by molar-refractivity contribution is 0.211. The fourth-order valence-corrected chi connectivity index (χ4v) is 3.96. The van der Waals surface area contributed by atoms with E-state index in [9.17, 15) is 13.2 Å². The molecule has 1 aromatic rings. The Morgan fingerprint density at radius 2 is 2.20 bits per heavy atom. The highest BCUT2D eigenvalue weighted by atomic mass is 32.2. The van der Waals surface area contributed by atoms with Gasteiger partial charge in [-0.15, -0.1) is 11.8 Å². The molecule has 0 atom stereocenters. The zero-order valence-electron chi connectivity index (χ0n) is 10.9. The summed E-state index contributed by atoms with van der Waals surface area (Å²) in [5.41, 5.74) is 0. The number of urea groups is 1. The second kappa shape index (κ2) is 6.27. The number of carbonyl (C=O) groups excluding carboxylic acids is 1. The van der Waals surface area contributed by atoms with Gasteiger partial charge in [-0.1, -0.05) is 19.1 Å². The molecule has 0 aliphatic carbocycles. The van der Waals surface area contributed by atoms with E-state index in [2.05, 4.69) is 5.10 Å². The Morgan fingerprint density at radius 1 is 1.45 bits per heavy atom. The quantitative estimate of drug-likeness (QED) is 0.861. The van der Waals surface area contributed by atoms with Crippen molar-refractivity contribution >= 4 is 34.0 Å². The molecule has 108 valence electrons. The van der Waals surface area contributed by atoms with E-state index < -0.39 is 16.1 Å². The summed E-state index contributed by atoms with van der Waals surface area (Å²) >= 11 is 1.41. The van der Waals surface area contributed by atoms with Gasteiger partial charge in [0.15, 0.2) is 0 Å². The predicted octanol–water partition coefficient (Wildman–Crippen LogP) is 1.89. The zero-order valence-corrected chi connectivity index (χ0v) is 12.6. The summed E-state index contributed by atoms with van der Waals surface area (Å²) in [6, 6.07) is 5.88. The third-order valence-electron chi connectivity index (χ3n) is 2.59. The van der Waals surface area contributed by atoms with Gasteiger partial charge in [0.25, 0.3) is 10.0 Å². The van der Waals surface area contributed by atoms with Gasteiger partial charge in [-0.05, 0) is 17.9 Å². The Labute approximate surface area is 122 Å². The minimum Gasteiger partial charge on any atom is -0.246 e. The SMILES string of the molecule is CCSc1ccccc1S(=O)(=O)NC(=O)N1CCC=N1. The van der Waals surface area contributed by atoms with E-state index in [4.69, 9.17) is 0 Å². The first-order chi connectivity index (χ1) is 9.54. The fourth-order valence-electron chi connectivity index (χ4n) is 1.72. The fraction of sp³-hybridized carbons (Fsp3) is 0.333. The molecule has 0 saturated heterocycles. The first-order valence-electron chi connectivity index (χ1n) is 6.13. The monoisotopic (exact) mass is 313 g/mol. The first-order valence-corrected chi connectivity index (χ1v) is 8.60. The summed E-state index contributed by atoms with van der Waals surface area (Å²) in [4.78, 5) is 12.6. The molecular formula is C12H15N3O3S2. The summed E-state index contributed by atoms with van der Waals surface area (Å²) < 4.78 is 26.6. The highest BCUT2D eigenvalue weighted by Gasteiger charge is 2.24. The highest BCUT2D eigenvalue weighted by molar-refractivity contribution is 8.00. The van der Waals surface area contributed by atoms with E-state index in [0.717, 1.165) is 10.8 Å². The number of hydrazone groups is 1. The molecule has 2 rings (SSSR count). The highest BCUT2D eigenvalue weighted by Crippen LogP contribution is 2.26. The van der Waals surface area contributed by atoms with E-state index in [1.807, 2.05) is 11.6 Å². The molecule has 0 aromatic heterocycles. The second-order valence-corrected chi connectivity index (χ2v) is 6.96. The minimum atomic E-state index is -3.89.